The Kier molecular flexibility index (Phi) is 4.79. The molecule has 0 bridgehead atoms. The lowest BCUT2D eigenvalue weighted by molar-refractivity contribution is -0.152. The Balaban J connectivity index is 1.46. The molecule has 1 amide bonds. The first kappa shape index (κ1) is 18.5. The first-order valence-electron chi connectivity index (χ1n) is 9.69. The molecule has 2 aliphatic rings. The number of nitrogens with zero attached hydrogens (tertiary/aromatic N) is 2. The zero-order valence-electron chi connectivity index (χ0n) is 16.3. The molecule has 2 heterocycles. The first-order valence-corrected chi connectivity index (χ1v) is 9.69. The molecule has 4 rings (SSSR count). The number of fused-ring (bicyclic) bond motifs is 1. The van der Waals surface area contributed by atoms with Gasteiger partial charge in [0.2, 0.25) is 0 Å². The molecule has 2 fully saturated rings. The Morgan fingerprint density at radius 3 is 2.68 bits per heavy atom. The number of ether oxygens (including phenoxy) is 1. The van der Waals surface area contributed by atoms with E-state index in [2.05, 4.69) is 15.2 Å². The lowest BCUT2D eigenvalue weighted by Gasteiger charge is -2.25. The maximum absolute atomic E-state index is 12.4. The van der Waals surface area contributed by atoms with E-state index in [-0.39, 0.29) is 11.9 Å². The van der Waals surface area contributed by atoms with Crippen molar-refractivity contribution in [2.24, 2.45) is 11.3 Å². The van der Waals surface area contributed by atoms with Crippen LogP contribution in [-0.4, -0.2) is 37.1 Å². The summed E-state index contributed by atoms with van der Waals surface area (Å²) in [6, 6.07) is 11.3. The summed E-state index contributed by atoms with van der Waals surface area (Å²) >= 11 is 0. The maximum Gasteiger partial charge on any atom is 0.313 e. The second-order valence-electron chi connectivity index (χ2n) is 7.84. The zero-order valence-corrected chi connectivity index (χ0v) is 16.3. The number of aryl methyl sites for hydroxylation is 1. The van der Waals surface area contributed by atoms with E-state index in [0.717, 1.165) is 42.9 Å². The SMILES string of the molecule is COC(=O)C12CCCC1CN(c1ccc(C(=O)Nc3ccc(C)cc3)cn1)C2. The fourth-order valence-electron chi connectivity index (χ4n) is 4.55. The largest absolute Gasteiger partial charge is 0.469 e. The minimum atomic E-state index is -0.405. The van der Waals surface area contributed by atoms with Crippen LogP contribution < -0.4 is 10.2 Å². The topological polar surface area (TPSA) is 71.5 Å². The quantitative estimate of drug-likeness (QED) is 0.824. The molecule has 1 aromatic heterocycles. The van der Waals surface area contributed by atoms with Crippen molar-refractivity contribution in [1.29, 1.82) is 0 Å². The van der Waals surface area contributed by atoms with Gasteiger partial charge in [0, 0.05) is 25.0 Å². The Morgan fingerprint density at radius 2 is 2.00 bits per heavy atom. The summed E-state index contributed by atoms with van der Waals surface area (Å²) in [7, 11) is 1.47. The lowest BCUT2D eigenvalue weighted by Crippen LogP contribution is -2.37. The smallest absolute Gasteiger partial charge is 0.313 e. The van der Waals surface area contributed by atoms with Crippen LogP contribution in [0.3, 0.4) is 0 Å². The van der Waals surface area contributed by atoms with Crippen LogP contribution >= 0.6 is 0 Å². The summed E-state index contributed by atoms with van der Waals surface area (Å²) in [4.78, 5) is 31.5. The van der Waals surface area contributed by atoms with Gasteiger partial charge in [0.1, 0.15) is 5.82 Å². The Bertz CT molecular complexity index is 879. The van der Waals surface area contributed by atoms with Gasteiger partial charge < -0.3 is 15.0 Å². The maximum atomic E-state index is 12.4. The number of methoxy groups -OCH3 is 1. The highest BCUT2D eigenvalue weighted by Crippen LogP contribution is 2.50. The van der Waals surface area contributed by atoms with Gasteiger partial charge in [-0.3, -0.25) is 9.59 Å². The van der Waals surface area contributed by atoms with E-state index >= 15 is 0 Å². The molecule has 1 aliphatic carbocycles. The van der Waals surface area contributed by atoms with Crippen molar-refractivity contribution in [1.82, 2.24) is 4.98 Å². The number of rotatable bonds is 4. The molecule has 1 aromatic carbocycles. The molecule has 28 heavy (non-hydrogen) atoms. The number of esters is 1. The van der Waals surface area contributed by atoms with Crippen LogP contribution in [0.1, 0.15) is 35.2 Å². The van der Waals surface area contributed by atoms with Gasteiger partial charge >= 0.3 is 5.97 Å². The number of nitrogens with one attached hydrogen (secondary N) is 1. The van der Waals surface area contributed by atoms with Crippen LogP contribution in [-0.2, 0) is 9.53 Å². The highest BCUT2D eigenvalue weighted by atomic mass is 16.5. The van der Waals surface area contributed by atoms with E-state index in [9.17, 15) is 9.59 Å². The summed E-state index contributed by atoms with van der Waals surface area (Å²) in [5.74, 6) is 0.814. The number of hydrogen-bond donors (Lipinski definition) is 1. The third-order valence-electron chi connectivity index (χ3n) is 6.11. The van der Waals surface area contributed by atoms with Crippen molar-refractivity contribution in [2.45, 2.75) is 26.2 Å². The van der Waals surface area contributed by atoms with Crippen molar-refractivity contribution < 1.29 is 14.3 Å². The fourth-order valence-corrected chi connectivity index (χ4v) is 4.55. The van der Waals surface area contributed by atoms with Crippen LogP contribution in [0.25, 0.3) is 0 Å². The standard InChI is InChI=1S/C22H25N3O3/c1-15-5-8-18(9-6-15)24-20(26)16-7-10-19(23-12-16)25-13-17-4-3-11-22(17,14-25)21(27)28-2/h5-10,12,17H,3-4,11,13-14H2,1-2H3,(H,24,26). The first-order chi connectivity index (χ1) is 13.5. The van der Waals surface area contributed by atoms with Crippen molar-refractivity contribution in [3.63, 3.8) is 0 Å². The van der Waals surface area contributed by atoms with Crippen molar-refractivity contribution in [3.8, 4) is 0 Å². The molecule has 0 radical (unpaired) electrons. The van der Waals surface area contributed by atoms with Gasteiger partial charge in [-0.2, -0.15) is 0 Å². The van der Waals surface area contributed by atoms with Crippen LogP contribution in [0.15, 0.2) is 42.6 Å². The zero-order chi connectivity index (χ0) is 19.7. The molecule has 2 atom stereocenters. The van der Waals surface area contributed by atoms with E-state index in [1.807, 2.05) is 37.3 Å². The van der Waals surface area contributed by atoms with Crippen molar-refractivity contribution in [3.05, 3.63) is 53.7 Å². The Hall–Kier alpha value is -2.89. The van der Waals surface area contributed by atoms with E-state index < -0.39 is 5.41 Å². The summed E-state index contributed by atoms with van der Waals surface area (Å²) < 4.78 is 5.10. The van der Waals surface area contributed by atoms with Gasteiger partial charge in [-0.1, -0.05) is 24.1 Å². The van der Waals surface area contributed by atoms with Crippen LogP contribution in [0.5, 0.6) is 0 Å². The van der Waals surface area contributed by atoms with Crippen LogP contribution in [0.4, 0.5) is 11.5 Å². The molecule has 0 spiro atoms. The van der Waals surface area contributed by atoms with Crippen LogP contribution in [0, 0.1) is 18.3 Å². The second kappa shape index (κ2) is 7.26. The number of pyridine rings is 1. The molecular formula is C22H25N3O3. The third kappa shape index (κ3) is 3.23. The third-order valence-corrected chi connectivity index (χ3v) is 6.11. The number of anilines is 2. The molecule has 1 saturated carbocycles. The monoisotopic (exact) mass is 379 g/mol. The number of carbonyl (C=O) groups excluding carboxylic acids is 2. The minimum absolute atomic E-state index is 0.105. The molecule has 1 saturated heterocycles. The van der Waals surface area contributed by atoms with Crippen molar-refractivity contribution in [2.75, 3.05) is 30.4 Å². The predicted molar refractivity (Wildman–Crippen MR) is 107 cm³/mol. The van der Waals surface area contributed by atoms with Gasteiger partial charge in [0.25, 0.3) is 5.91 Å². The predicted octanol–water partition coefficient (Wildman–Crippen LogP) is 3.42. The average Bonchev–Trinajstić information content (AvgIpc) is 3.28. The number of amides is 1. The molecule has 6 heteroatoms. The normalized spacial score (nSPS) is 23.4. The highest BCUT2D eigenvalue weighted by Gasteiger charge is 2.55. The molecule has 1 N–H and O–H groups in total. The molecule has 1 aliphatic heterocycles. The molecule has 2 aromatic rings. The number of aromatic nitrogens is 1. The Labute approximate surface area is 164 Å². The number of benzene rings is 1. The van der Waals surface area contributed by atoms with Gasteiger partial charge in [-0.05, 0) is 49.9 Å². The van der Waals surface area contributed by atoms with E-state index in [1.165, 1.54) is 7.11 Å². The van der Waals surface area contributed by atoms with E-state index in [0.29, 0.717) is 18.0 Å². The minimum Gasteiger partial charge on any atom is -0.469 e. The molecule has 6 nitrogen and oxygen atoms in total. The lowest BCUT2D eigenvalue weighted by atomic mass is 9.81. The highest BCUT2D eigenvalue weighted by molar-refractivity contribution is 6.04. The summed E-state index contributed by atoms with van der Waals surface area (Å²) in [6.07, 6.45) is 4.58. The van der Waals surface area contributed by atoms with Crippen molar-refractivity contribution >= 4 is 23.4 Å². The van der Waals surface area contributed by atoms with E-state index in [1.54, 1.807) is 12.3 Å². The average molecular weight is 379 g/mol. The fraction of sp³-hybridized carbons (Fsp3) is 0.409. The van der Waals surface area contributed by atoms with E-state index in [4.69, 9.17) is 4.74 Å². The molecule has 2 unspecified atom stereocenters. The summed E-state index contributed by atoms with van der Waals surface area (Å²) in [5, 5.41) is 2.88. The summed E-state index contributed by atoms with van der Waals surface area (Å²) in [5.41, 5.74) is 2.00. The Morgan fingerprint density at radius 1 is 1.21 bits per heavy atom. The van der Waals surface area contributed by atoms with Gasteiger partial charge in [0.05, 0.1) is 18.1 Å². The molecule has 146 valence electrons. The second-order valence-corrected chi connectivity index (χ2v) is 7.84. The number of carbonyl (C=O) groups is 2. The van der Waals surface area contributed by atoms with Gasteiger partial charge in [0.15, 0.2) is 0 Å². The van der Waals surface area contributed by atoms with Gasteiger partial charge in [-0.15, -0.1) is 0 Å². The number of hydrogen-bond acceptors (Lipinski definition) is 5. The summed E-state index contributed by atoms with van der Waals surface area (Å²) in [6.45, 7) is 3.44. The van der Waals surface area contributed by atoms with Crippen LogP contribution in [0.2, 0.25) is 0 Å². The van der Waals surface area contributed by atoms with Gasteiger partial charge in [-0.25, -0.2) is 4.98 Å². The molecular weight excluding hydrogens is 354 g/mol.